The van der Waals surface area contributed by atoms with Gasteiger partial charge in [0.2, 0.25) is 0 Å². The summed E-state index contributed by atoms with van der Waals surface area (Å²) in [6.45, 7) is 7.67. The average molecular weight is 211 g/mol. The standard InChI is InChI=1S/C12H21NS/c1-4-6-7-12(13-5-2)11-8-10(3)14-9-11/h8-9,12-13H,4-7H2,1-3H3. The van der Waals surface area contributed by atoms with Gasteiger partial charge < -0.3 is 5.32 Å². The van der Waals surface area contributed by atoms with Crippen LogP contribution in [0, 0.1) is 6.92 Å². The summed E-state index contributed by atoms with van der Waals surface area (Å²) in [7, 11) is 0. The molecule has 0 saturated carbocycles. The van der Waals surface area contributed by atoms with Crippen molar-refractivity contribution >= 4 is 11.3 Å². The quantitative estimate of drug-likeness (QED) is 0.752. The van der Waals surface area contributed by atoms with E-state index in [1.807, 2.05) is 11.3 Å². The van der Waals surface area contributed by atoms with Crippen LogP contribution in [-0.2, 0) is 0 Å². The molecular formula is C12H21NS. The second-order valence-corrected chi connectivity index (χ2v) is 4.86. The van der Waals surface area contributed by atoms with E-state index < -0.39 is 0 Å². The van der Waals surface area contributed by atoms with E-state index in [1.165, 1.54) is 29.7 Å². The minimum atomic E-state index is 0.574. The number of hydrogen-bond donors (Lipinski definition) is 1. The van der Waals surface area contributed by atoms with Gasteiger partial charge in [0.05, 0.1) is 0 Å². The lowest BCUT2D eigenvalue weighted by molar-refractivity contribution is 0.496. The SMILES string of the molecule is CCCCC(NCC)c1csc(C)c1. The topological polar surface area (TPSA) is 12.0 Å². The van der Waals surface area contributed by atoms with Gasteiger partial charge >= 0.3 is 0 Å². The summed E-state index contributed by atoms with van der Waals surface area (Å²) < 4.78 is 0. The van der Waals surface area contributed by atoms with E-state index in [4.69, 9.17) is 0 Å². The Labute approximate surface area is 91.5 Å². The van der Waals surface area contributed by atoms with Crippen molar-refractivity contribution < 1.29 is 0 Å². The first kappa shape index (κ1) is 11.7. The van der Waals surface area contributed by atoms with Crippen LogP contribution in [0.3, 0.4) is 0 Å². The molecule has 1 nitrogen and oxygen atoms in total. The Hall–Kier alpha value is -0.340. The van der Waals surface area contributed by atoms with Crippen LogP contribution in [0.2, 0.25) is 0 Å². The fourth-order valence-electron chi connectivity index (χ4n) is 1.69. The minimum absolute atomic E-state index is 0.574. The van der Waals surface area contributed by atoms with Crippen LogP contribution < -0.4 is 5.32 Å². The molecule has 80 valence electrons. The summed E-state index contributed by atoms with van der Waals surface area (Å²) >= 11 is 1.85. The Morgan fingerprint density at radius 2 is 2.21 bits per heavy atom. The van der Waals surface area contributed by atoms with Gasteiger partial charge in [-0.25, -0.2) is 0 Å². The summed E-state index contributed by atoms with van der Waals surface area (Å²) in [6.07, 6.45) is 3.86. The molecular weight excluding hydrogens is 190 g/mol. The van der Waals surface area contributed by atoms with Crippen LogP contribution in [0.4, 0.5) is 0 Å². The van der Waals surface area contributed by atoms with E-state index in [0.29, 0.717) is 6.04 Å². The molecule has 0 fully saturated rings. The highest BCUT2D eigenvalue weighted by Crippen LogP contribution is 2.24. The molecule has 1 aromatic rings. The van der Waals surface area contributed by atoms with Gasteiger partial charge in [0.1, 0.15) is 0 Å². The Balaban J connectivity index is 2.57. The molecule has 1 heterocycles. The third-order valence-corrected chi connectivity index (χ3v) is 3.33. The van der Waals surface area contributed by atoms with Crippen molar-refractivity contribution in [3.63, 3.8) is 0 Å². The van der Waals surface area contributed by atoms with Crippen LogP contribution in [0.15, 0.2) is 11.4 Å². The van der Waals surface area contributed by atoms with Crippen molar-refractivity contribution in [1.82, 2.24) is 5.32 Å². The van der Waals surface area contributed by atoms with Crippen LogP contribution >= 0.6 is 11.3 Å². The maximum Gasteiger partial charge on any atom is 0.0328 e. The van der Waals surface area contributed by atoms with Gasteiger partial charge in [0.15, 0.2) is 0 Å². The lowest BCUT2D eigenvalue weighted by Gasteiger charge is -2.16. The van der Waals surface area contributed by atoms with Crippen LogP contribution in [0.1, 0.15) is 49.6 Å². The number of thiophene rings is 1. The van der Waals surface area contributed by atoms with E-state index in [0.717, 1.165) is 6.54 Å². The van der Waals surface area contributed by atoms with E-state index in [9.17, 15) is 0 Å². The zero-order valence-electron chi connectivity index (χ0n) is 9.47. The fraction of sp³-hybridized carbons (Fsp3) is 0.667. The molecule has 0 radical (unpaired) electrons. The molecule has 1 unspecified atom stereocenters. The van der Waals surface area contributed by atoms with E-state index in [-0.39, 0.29) is 0 Å². The van der Waals surface area contributed by atoms with Crippen molar-refractivity contribution in [2.75, 3.05) is 6.54 Å². The molecule has 0 bridgehead atoms. The molecule has 0 saturated heterocycles. The summed E-state index contributed by atoms with van der Waals surface area (Å²) in [4.78, 5) is 1.42. The zero-order valence-corrected chi connectivity index (χ0v) is 10.3. The molecule has 14 heavy (non-hydrogen) atoms. The Bertz CT molecular complexity index is 255. The molecule has 1 rings (SSSR count). The Morgan fingerprint density at radius 3 is 2.71 bits per heavy atom. The minimum Gasteiger partial charge on any atom is -0.310 e. The van der Waals surface area contributed by atoms with Crippen molar-refractivity contribution in [2.24, 2.45) is 0 Å². The van der Waals surface area contributed by atoms with Gasteiger partial charge in [-0.15, -0.1) is 11.3 Å². The third-order valence-electron chi connectivity index (χ3n) is 2.45. The van der Waals surface area contributed by atoms with E-state index in [2.05, 4.69) is 37.5 Å². The molecule has 1 N–H and O–H groups in total. The van der Waals surface area contributed by atoms with Gasteiger partial charge in [-0.3, -0.25) is 0 Å². The second-order valence-electron chi connectivity index (χ2n) is 3.74. The molecule has 2 heteroatoms. The molecule has 0 aromatic carbocycles. The molecule has 0 spiro atoms. The highest BCUT2D eigenvalue weighted by molar-refractivity contribution is 7.10. The highest BCUT2D eigenvalue weighted by Gasteiger charge is 2.10. The van der Waals surface area contributed by atoms with Gasteiger partial charge in [-0.2, -0.15) is 0 Å². The van der Waals surface area contributed by atoms with Crippen molar-refractivity contribution in [3.05, 3.63) is 21.9 Å². The molecule has 0 aliphatic rings. The normalized spacial score (nSPS) is 13.1. The highest BCUT2D eigenvalue weighted by atomic mass is 32.1. The first-order chi connectivity index (χ1) is 6.77. The monoisotopic (exact) mass is 211 g/mol. The van der Waals surface area contributed by atoms with Crippen LogP contribution in [0.25, 0.3) is 0 Å². The molecule has 0 aliphatic carbocycles. The van der Waals surface area contributed by atoms with Gasteiger partial charge in [-0.1, -0.05) is 26.7 Å². The first-order valence-corrected chi connectivity index (χ1v) is 6.44. The summed E-state index contributed by atoms with van der Waals surface area (Å²) in [6, 6.07) is 2.89. The summed E-state index contributed by atoms with van der Waals surface area (Å²) in [5.74, 6) is 0. The maximum atomic E-state index is 3.55. The van der Waals surface area contributed by atoms with E-state index >= 15 is 0 Å². The maximum absolute atomic E-state index is 3.55. The van der Waals surface area contributed by atoms with Gasteiger partial charge in [0, 0.05) is 10.9 Å². The third kappa shape index (κ3) is 3.43. The second kappa shape index (κ2) is 6.20. The lowest BCUT2D eigenvalue weighted by atomic mass is 10.0. The van der Waals surface area contributed by atoms with Gasteiger partial charge in [-0.05, 0) is 36.9 Å². The zero-order chi connectivity index (χ0) is 10.4. The van der Waals surface area contributed by atoms with Crippen molar-refractivity contribution in [2.45, 2.75) is 46.1 Å². The smallest absolute Gasteiger partial charge is 0.0328 e. The summed E-state index contributed by atoms with van der Waals surface area (Å²) in [5, 5.41) is 5.84. The Morgan fingerprint density at radius 1 is 1.43 bits per heavy atom. The van der Waals surface area contributed by atoms with Crippen LogP contribution in [-0.4, -0.2) is 6.54 Å². The molecule has 1 aromatic heterocycles. The molecule has 1 atom stereocenters. The molecule has 0 aliphatic heterocycles. The number of unbranched alkanes of at least 4 members (excludes halogenated alkanes) is 1. The predicted octanol–water partition coefficient (Wildman–Crippen LogP) is 3.90. The van der Waals surface area contributed by atoms with Crippen molar-refractivity contribution in [1.29, 1.82) is 0 Å². The average Bonchev–Trinajstić information content (AvgIpc) is 2.59. The lowest BCUT2D eigenvalue weighted by Crippen LogP contribution is -2.20. The van der Waals surface area contributed by atoms with Crippen LogP contribution in [0.5, 0.6) is 0 Å². The van der Waals surface area contributed by atoms with Crippen molar-refractivity contribution in [3.8, 4) is 0 Å². The number of hydrogen-bond acceptors (Lipinski definition) is 2. The Kier molecular flexibility index (Phi) is 5.20. The number of aryl methyl sites for hydroxylation is 1. The van der Waals surface area contributed by atoms with E-state index in [1.54, 1.807) is 0 Å². The summed E-state index contributed by atoms with van der Waals surface area (Å²) in [5.41, 5.74) is 1.47. The predicted molar refractivity (Wildman–Crippen MR) is 65.0 cm³/mol. The number of nitrogens with one attached hydrogen (secondary N) is 1. The molecule has 0 amide bonds. The van der Waals surface area contributed by atoms with Gasteiger partial charge in [0.25, 0.3) is 0 Å². The number of rotatable bonds is 6. The fourth-order valence-corrected chi connectivity index (χ4v) is 2.45. The first-order valence-electron chi connectivity index (χ1n) is 5.56. The largest absolute Gasteiger partial charge is 0.310 e.